The van der Waals surface area contributed by atoms with Crippen LogP contribution in [0.1, 0.15) is 425 Å². The number of esters is 3. The second-order valence-corrected chi connectivity index (χ2v) is 25.6. The molecule has 0 saturated heterocycles. The third-order valence-corrected chi connectivity index (χ3v) is 17.2. The van der Waals surface area contributed by atoms with Gasteiger partial charge < -0.3 is 14.2 Å². The highest BCUT2D eigenvalue weighted by molar-refractivity contribution is 5.71. The molecule has 0 spiro atoms. The van der Waals surface area contributed by atoms with Crippen LogP contribution in [0.3, 0.4) is 0 Å². The van der Waals surface area contributed by atoms with E-state index in [0.29, 0.717) is 19.3 Å². The molecule has 0 aromatic heterocycles. The molecule has 0 heterocycles. The largest absolute Gasteiger partial charge is 0.462 e. The summed E-state index contributed by atoms with van der Waals surface area (Å²) in [5.74, 6) is -0.844. The molecule has 1 unspecified atom stereocenters. The van der Waals surface area contributed by atoms with Crippen LogP contribution in [0.25, 0.3) is 0 Å². The molecule has 0 aromatic carbocycles. The van der Waals surface area contributed by atoms with Crippen molar-refractivity contribution in [2.24, 2.45) is 0 Å². The average Bonchev–Trinajstić information content (AvgIpc) is 3.47. The topological polar surface area (TPSA) is 78.9 Å². The number of carbonyl (C=O) groups is 3. The Kier molecular flexibility index (Phi) is 69.5. The Labute approximate surface area is 513 Å². The maximum absolute atomic E-state index is 12.9. The summed E-state index contributed by atoms with van der Waals surface area (Å²) >= 11 is 0. The molecular weight excluding hydrogens is 1010 g/mol. The van der Waals surface area contributed by atoms with Crippen molar-refractivity contribution in [1.82, 2.24) is 0 Å². The maximum Gasteiger partial charge on any atom is 0.306 e. The number of unbranched alkanes of at least 4 members (excludes halogenated alkanes) is 55. The van der Waals surface area contributed by atoms with Gasteiger partial charge >= 0.3 is 17.9 Å². The monoisotopic (exact) mass is 1150 g/mol. The first kappa shape index (κ1) is 79.9. The summed E-state index contributed by atoms with van der Waals surface area (Å²) in [6, 6.07) is 0. The van der Waals surface area contributed by atoms with Crippen LogP contribution in [0.4, 0.5) is 0 Å². The van der Waals surface area contributed by atoms with Gasteiger partial charge in [-0.2, -0.15) is 0 Å². The molecule has 0 aliphatic rings. The van der Waals surface area contributed by atoms with Crippen molar-refractivity contribution in [3.8, 4) is 0 Å². The molecule has 6 nitrogen and oxygen atoms in total. The molecule has 1 atom stereocenters. The van der Waals surface area contributed by atoms with Crippen molar-refractivity contribution < 1.29 is 28.6 Å². The van der Waals surface area contributed by atoms with E-state index < -0.39 is 6.10 Å². The third kappa shape index (κ3) is 68.7. The molecule has 0 bridgehead atoms. The van der Waals surface area contributed by atoms with Gasteiger partial charge in [0.15, 0.2) is 6.10 Å². The predicted octanol–water partition coefficient (Wildman–Crippen LogP) is 25.7. The first-order chi connectivity index (χ1) is 40.5. The van der Waals surface area contributed by atoms with Crippen molar-refractivity contribution in [2.75, 3.05) is 13.2 Å². The molecule has 0 radical (unpaired) electrons. The standard InChI is InChI=1S/C76H144O6/c1-4-7-10-13-16-19-22-25-28-29-30-31-32-33-34-35-36-37-38-39-40-41-42-43-44-45-46-47-49-51-54-57-60-63-66-69-75(78)81-72-73(71-80-74(77)68-65-62-59-56-53-50-27-24-21-18-15-12-9-6-3)82-76(79)70-67-64-61-58-55-52-48-26-23-20-17-14-11-8-5-2/h26,29-30,48,73H,4-25,27-28,31-47,49-72H2,1-3H3/b30-29-,48-26-. The van der Waals surface area contributed by atoms with Crippen molar-refractivity contribution >= 4 is 17.9 Å². The molecular formula is C76H144O6. The lowest BCUT2D eigenvalue weighted by molar-refractivity contribution is -0.167. The van der Waals surface area contributed by atoms with Crippen LogP contribution in [0.2, 0.25) is 0 Å². The molecule has 0 aliphatic carbocycles. The van der Waals surface area contributed by atoms with Gasteiger partial charge in [0.2, 0.25) is 0 Å². The Hall–Kier alpha value is -2.11. The number of allylic oxidation sites excluding steroid dienone is 4. The van der Waals surface area contributed by atoms with Gasteiger partial charge in [0, 0.05) is 19.3 Å². The van der Waals surface area contributed by atoms with E-state index in [9.17, 15) is 14.4 Å². The number of hydrogen-bond donors (Lipinski definition) is 0. The minimum absolute atomic E-state index is 0.0678. The van der Waals surface area contributed by atoms with E-state index in [4.69, 9.17) is 14.2 Å². The van der Waals surface area contributed by atoms with Gasteiger partial charge in [0.1, 0.15) is 13.2 Å². The molecule has 484 valence electrons. The zero-order valence-electron chi connectivity index (χ0n) is 55.8. The molecule has 0 aliphatic heterocycles. The fourth-order valence-corrected chi connectivity index (χ4v) is 11.6. The molecule has 82 heavy (non-hydrogen) atoms. The minimum Gasteiger partial charge on any atom is -0.462 e. The summed E-state index contributed by atoms with van der Waals surface area (Å²) in [6.45, 7) is 6.70. The Balaban J connectivity index is 4.05. The van der Waals surface area contributed by atoms with Crippen LogP contribution in [0, 0.1) is 0 Å². The maximum atomic E-state index is 12.9. The van der Waals surface area contributed by atoms with E-state index in [1.54, 1.807) is 0 Å². The molecule has 0 fully saturated rings. The Morgan fingerprint density at radius 3 is 0.610 bits per heavy atom. The summed E-state index contributed by atoms with van der Waals surface area (Å²) in [4.78, 5) is 38.4. The van der Waals surface area contributed by atoms with Crippen molar-refractivity contribution in [2.45, 2.75) is 431 Å². The van der Waals surface area contributed by atoms with Crippen LogP contribution in [-0.2, 0) is 28.6 Å². The van der Waals surface area contributed by atoms with E-state index in [2.05, 4.69) is 45.1 Å². The highest BCUT2D eigenvalue weighted by atomic mass is 16.6. The van der Waals surface area contributed by atoms with Crippen LogP contribution in [0.15, 0.2) is 24.3 Å². The van der Waals surface area contributed by atoms with Crippen molar-refractivity contribution in [3.63, 3.8) is 0 Å². The van der Waals surface area contributed by atoms with Gasteiger partial charge in [-0.05, 0) is 70.6 Å². The number of hydrogen-bond acceptors (Lipinski definition) is 6. The minimum atomic E-state index is -0.772. The van der Waals surface area contributed by atoms with Crippen molar-refractivity contribution in [1.29, 1.82) is 0 Å². The summed E-state index contributed by atoms with van der Waals surface area (Å²) in [7, 11) is 0. The van der Waals surface area contributed by atoms with E-state index in [0.717, 1.165) is 64.2 Å². The van der Waals surface area contributed by atoms with Crippen LogP contribution in [-0.4, -0.2) is 37.2 Å². The number of carbonyl (C=O) groups excluding carboxylic acids is 3. The fourth-order valence-electron chi connectivity index (χ4n) is 11.6. The summed E-state index contributed by atoms with van der Waals surface area (Å²) in [5, 5.41) is 0. The highest BCUT2D eigenvalue weighted by Crippen LogP contribution is 2.19. The lowest BCUT2D eigenvalue weighted by Gasteiger charge is -2.18. The van der Waals surface area contributed by atoms with Crippen molar-refractivity contribution in [3.05, 3.63) is 24.3 Å². The second-order valence-electron chi connectivity index (χ2n) is 25.6. The lowest BCUT2D eigenvalue weighted by Crippen LogP contribution is -2.30. The molecule has 0 aromatic rings. The van der Waals surface area contributed by atoms with Gasteiger partial charge in [-0.3, -0.25) is 14.4 Å². The zero-order valence-corrected chi connectivity index (χ0v) is 55.8. The fraction of sp³-hybridized carbons (Fsp3) is 0.908. The Morgan fingerprint density at radius 2 is 0.402 bits per heavy atom. The van der Waals surface area contributed by atoms with E-state index >= 15 is 0 Å². The molecule has 0 amide bonds. The van der Waals surface area contributed by atoms with Gasteiger partial charge in [-0.25, -0.2) is 0 Å². The van der Waals surface area contributed by atoms with Gasteiger partial charge in [-0.1, -0.05) is 360 Å². The number of rotatable bonds is 70. The van der Waals surface area contributed by atoms with Gasteiger partial charge in [0.25, 0.3) is 0 Å². The molecule has 6 heteroatoms. The van der Waals surface area contributed by atoms with E-state index in [-0.39, 0.29) is 31.1 Å². The van der Waals surface area contributed by atoms with Gasteiger partial charge in [-0.15, -0.1) is 0 Å². The summed E-state index contributed by atoms with van der Waals surface area (Å²) < 4.78 is 17.0. The third-order valence-electron chi connectivity index (χ3n) is 17.2. The highest BCUT2D eigenvalue weighted by Gasteiger charge is 2.20. The Morgan fingerprint density at radius 1 is 0.232 bits per heavy atom. The van der Waals surface area contributed by atoms with Gasteiger partial charge in [0.05, 0.1) is 0 Å². The zero-order chi connectivity index (χ0) is 59.2. The second kappa shape index (κ2) is 71.4. The number of ether oxygens (including phenoxy) is 3. The predicted molar refractivity (Wildman–Crippen MR) is 358 cm³/mol. The summed E-state index contributed by atoms with van der Waals surface area (Å²) in [6.07, 6.45) is 88.1. The summed E-state index contributed by atoms with van der Waals surface area (Å²) in [5.41, 5.74) is 0. The first-order valence-electron chi connectivity index (χ1n) is 37.3. The molecule has 0 rings (SSSR count). The first-order valence-corrected chi connectivity index (χ1v) is 37.3. The molecule has 0 saturated carbocycles. The normalized spacial score (nSPS) is 12.1. The molecule has 0 N–H and O–H groups in total. The van der Waals surface area contributed by atoms with E-state index in [1.165, 1.54) is 321 Å². The average molecular weight is 1150 g/mol. The van der Waals surface area contributed by atoms with E-state index in [1.807, 2.05) is 0 Å². The SMILES string of the molecule is CCCCCCCC/C=C\CCCCCCCC(=O)OC(COC(=O)CCCCCCCCCCCCCCCC)COC(=O)CCCCCCCCCCCCCCCCCCCCCCCCC/C=C\CCCCCCCCCC. The smallest absolute Gasteiger partial charge is 0.306 e. The quantitative estimate of drug-likeness (QED) is 0.0261. The lowest BCUT2D eigenvalue weighted by atomic mass is 10.0. The van der Waals surface area contributed by atoms with Crippen LogP contribution >= 0.6 is 0 Å². The van der Waals surface area contributed by atoms with Crippen LogP contribution < -0.4 is 0 Å². The Bertz CT molecular complexity index is 1320. The van der Waals surface area contributed by atoms with Crippen LogP contribution in [0.5, 0.6) is 0 Å².